The largest absolute Gasteiger partial charge is 0.348 e. The SMILES string of the molecule is C=C(c1ccccc1)c1csc(N2CCC(S(=O)(=O)c3ncc(C)[nH]3)CC2)n1. The Morgan fingerprint density at radius 2 is 1.96 bits per heavy atom. The van der Waals surface area contributed by atoms with Crippen LogP contribution in [0.2, 0.25) is 0 Å². The maximum atomic E-state index is 12.8. The van der Waals surface area contributed by atoms with E-state index in [1.807, 2.05) is 35.7 Å². The average Bonchev–Trinajstić information content (AvgIpc) is 3.38. The second-order valence-electron chi connectivity index (χ2n) is 6.96. The third-order valence-corrected chi connectivity index (χ3v) is 8.02. The van der Waals surface area contributed by atoms with E-state index < -0.39 is 15.1 Å². The lowest BCUT2D eigenvalue weighted by Crippen LogP contribution is -2.39. The first-order valence-corrected chi connectivity index (χ1v) is 11.6. The van der Waals surface area contributed by atoms with Gasteiger partial charge in [-0.25, -0.2) is 18.4 Å². The maximum Gasteiger partial charge on any atom is 0.225 e. The highest BCUT2D eigenvalue weighted by molar-refractivity contribution is 7.91. The minimum Gasteiger partial charge on any atom is -0.348 e. The van der Waals surface area contributed by atoms with Gasteiger partial charge in [0.2, 0.25) is 15.0 Å². The van der Waals surface area contributed by atoms with Crippen molar-refractivity contribution in [3.63, 3.8) is 0 Å². The number of imidazole rings is 1. The van der Waals surface area contributed by atoms with Crippen LogP contribution in [0, 0.1) is 6.92 Å². The van der Waals surface area contributed by atoms with Crippen molar-refractivity contribution in [1.82, 2.24) is 15.0 Å². The van der Waals surface area contributed by atoms with Crippen LogP contribution >= 0.6 is 11.3 Å². The number of aryl methyl sites for hydroxylation is 1. The number of aromatic amines is 1. The highest BCUT2D eigenvalue weighted by atomic mass is 32.2. The average molecular weight is 415 g/mol. The number of sulfone groups is 1. The van der Waals surface area contributed by atoms with Gasteiger partial charge in [0, 0.05) is 35.9 Å². The van der Waals surface area contributed by atoms with Gasteiger partial charge in [0.05, 0.1) is 10.9 Å². The fraction of sp³-hybridized carbons (Fsp3) is 0.300. The molecule has 6 nitrogen and oxygen atoms in total. The molecule has 1 aliphatic heterocycles. The van der Waals surface area contributed by atoms with Crippen molar-refractivity contribution in [2.75, 3.05) is 18.0 Å². The van der Waals surface area contributed by atoms with Crippen LogP contribution in [0.1, 0.15) is 29.8 Å². The van der Waals surface area contributed by atoms with Gasteiger partial charge in [-0.3, -0.25) is 0 Å². The van der Waals surface area contributed by atoms with E-state index in [1.54, 1.807) is 24.5 Å². The van der Waals surface area contributed by atoms with E-state index >= 15 is 0 Å². The fourth-order valence-electron chi connectivity index (χ4n) is 3.38. The van der Waals surface area contributed by atoms with Crippen molar-refractivity contribution in [3.8, 4) is 0 Å². The summed E-state index contributed by atoms with van der Waals surface area (Å²) in [5.74, 6) is 0. The number of nitrogens with one attached hydrogen (secondary N) is 1. The maximum absolute atomic E-state index is 12.8. The van der Waals surface area contributed by atoms with E-state index in [-0.39, 0.29) is 5.16 Å². The summed E-state index contributed by atoms with van der Waals surface area (Å²) in [6.45, 7) is 7.30. The Labute approximate surface area is 168 Å². The molecule has 0 spiro atoms. The Balaban J connectivity index is 1.43. The first-order valence-electron chi connectivity index (χ1n) is 9.16. The third kappa shape index (κ3) is 3.62. The summed E-state index contributed by atoms with van der Waals surface area (Å²) in [4.78, 5) is 13.8. The number of rotatable bonds is 5. The van der Waals surface area contributed by atoms with Crippen molar-refractivity contribution < 1.29 is 8.42 Å². The molecular formula is C20H22N4O2S2. The molecule has 1 aliphatic rings. The van der Waals surface area contributed by atoms with E-state index in [9.17, 15) is 8.42 Å². The molecule has 1 fully saturated rings. The predicted molar refractivity (Wildman–Crippen MR) is 112 cm³/mol. The number of thiazole rings is 1. The van der Waals surface area contributed by atoms with Crippen LogP contribution in [0.15, 0.2) is 53.6 Å². The van der Waals surface area contributed by atoms with Crippen LogP contribution in [0.3, 0.4) is 0 Å². The monoisotopic (exact) mass is 414 g/mol. The quantitative estimate of drug-likeness (QED) is 0.689. The molecule has 0 aliphatic carbocycles. The van der Waals surface area contributed by atoms with Gasteiger partial charge in [-0.2, -0.15) is 0 Å². The van der Waals surface area contributed by atoms with Crippen molar-refractivity contribution >= 4 is 31.9 Å². The zero-order valence-corrected chi connectivity index (χ0v) is 17.3. The van der Waals surface area contributed by atoms with Crippen molar-refractivity contribution in [1.29, 1.82) is 0 Å². The molecule has 3 aromatic rings. The van der Waals surface area contributed by atoms with Crippen LogP contribution < -0.4 is 4.90 Å². The molecule has 28 heavy (non-hydrogen) atoms. The summed E-state index contributed by atoms with van der Waals surface area (Å²) in [6, 6.07) is 9.99. The predicted octanol–water partition coefficient (Wildman–Crippen LogP) is 3.68. The summed E-state index contributed by atoms with van der Waals surface area (Å²) in [5, 5.41) is 2.60. The molecule has 0 unspecified atom stereocenters. The summed E-state index contributed by atoms with van der Waals surface area (Å²) < 4.78 is 25.5. The molecule has 0 radical (unpaired) electrons. The zero-order valence-electron chi connectivity index (χ0n) is 15.6. The topological polar surface area (TPSA) is 79.0 Å². The Morgan fingerprint density at radius 3 is 2.61 bits per heavy atom. The number of nitrogens with zero attached hydrogens (tertiary/aromatic N) is 3. The molecule has 8 heteroatoms. The smallest absolute Gasteiger partial charge is 0.225 e. The fourth-order valence-corrected chi connectivity index (χ4v) is 5.93. The second-order valence-corrected chi connectivity index (χ2v) is 9.94. The van der Waals surface area contributed by atoms with E-state index in [2.05, 4.69) is 21.4 Å². The lowest BCUT2D eigenvalue weighted by molar-refractivity contribution is 0.524. The summed E-state index contributed by atoms with van der Waals surface area (Å²) in [5.41, 5.74) is 3.57. The highest BCUT2D eigenvalue weighted by Crippen LogP contribution is 2.31. The molecule has 0 bridgehead atoms. The summed E-state index contributed by atoms with van der Waals surface area (Å²) in [6.07, 6.45) is 2.69. The molecule has 3 heterocycles. The zero-order chi connectivity index (χ0) is 19.7. The lowest BCUT2D eigenvalue weighted by atomic mass is 10.1. The van der Waals surface area contributed by atoms with Crippen LogP contribution in [-0.4, -0.2) is 41.7 Å². The normalized spacial score (nSPS) is 15.7. The molecule has 0 atom stereocenters. The summed E-state index contributed by atoms with van der Waals surface area (Å²) in [7, 11) is -3.42. The first-order chi connectivity index (χ1) is 13.4. The third-order valence-electron chi connectivity index (χ3n) is 5.02. The number of hydrogen-bond acceptors (Lipinski definition) is 6. The van der Waals surface area contributed by atoms with Crippen molar-refractivity contribution in [3.05, 3.63) is 65.4 Å². The van der Waals surface area contributed by atoms with Gasteiger partial charge in [0.1, 0.15) is 0 Å². The van der Waals surface area contributed by atoms with E-state index in [0.717, 1.165) is 27.7 Å². The van der Waals surface area contributed by atoms with E-state index in [1.165, 1.54) is 0 Å². The Morgan fingerprint density at radius 1 is 1.25 bits per heavy atom. The van der Waals surface area contributed by atoms with Crippen molar-refractivity contribution in [2.45, 2.75) is 30.2 Å². The molecule has 0 amide bonds. The summed E-state index contributed by atoms with van der Waals surface area (Å²) >= 11 is 1.57. The molecule has 4 rings (SSSR count). The molecular weight excluding hydrogens is 392 g/mol. The number of aromatic nitrogens is 3. The molecule has 2 aromatic heterocycles. The second kappa shape index (κ2) is 7.52. The van der Waals surface area contributed by atoms with Crippen molar-refractivity contribution in [2.24, 2.45) is 0 Å². The number of piperidine rings is 1. The van der Waals surface area contributed by atoms with Gasteiger partial charge in [-0.15, -0.1) is 11.3 Å². The molecule has 1 aromatic carbocycles. The van der Waals surface area contributed by atoms with Gasteiger partial charge in [-0.05, 0) is 25.3 Å². The molecule has 146 valence electrons. The number of hydrogen-bond donors (Lipinski definition) is 1. The Hall–Kier alpha value is -2.45. The van der Waals surface area contributed by atoms with Crippen LogP contribution in [0.5, 0.6) is 0 Å². The Bertz CT molecular complexity index is 1080. The molecule has 0 saturated carbocycles. The number of anilines is 1. The van der Waals surface area contributed by atoms with Gasteiger partial charge >= 0.3 is 0 Å². The van der Waals surface area contributed by atoms with Gasteiger partial charge in [0.15, 0.2) is 5.13 Å². The van der Waals surface area contributed by atoms with Gasteiger partial charge < -0.3 is 9.88 Å². The Kier molecular flexibility index (Phi) is 5.07. The lowest BCUT2D eigenvalue weighted by Gasteiger charge is -2.30. The molecule has 1 saturated heterocycles. The van der Waals surface area contributed by atoms with Crippen LogP contribution in [0.4, 0.5) is 5.13 Å². The van der Waals surface area contributed by atoms with Gasteiger partial charge in [0.25, 0.3) is 0 Å². The first kappa shape index (κ1) is 18.9. The standard InChI is InChI=1S/C20H22N4O2S2/c1-14-12-21-19(22-14)28(25,26)17-8-10-24(11-9-17)20-23-18(13-27-20)15(2)16-6-4-3-5-7-16/h3-7,12-13,17H,2,8-11H2,1H3,(H,21,22). The highest BCUT2D eigenvalue weighted by Gasteiger charge is 2.33. The molecule has 1 N–H and O–H groups in total. The minimum atomic E-state index is -3.42. The number of H-pyrrole nitrogens is 1. The van der Waals surface area contributed by atoms with Crippen LogP contribution in [0.25, 0.3) is 5.57 Å². The van der Waals surface area contributed by atoms with Crippen LogP contribution in [-0.2, 0) is 9.84 Å². The van der Waals surface area contributed by atoms with E-state index in [0.29, 0.717) is 25.9 Å². The minimum absolute atomic E-state index is 0.0825. The van der Waals surface area contributed by atoms with Gasteiger partial charge in [-0.1, -0.05) is 36.9 Å². The van der Waals surface area contributed by atoms with E-state index in [4.69, 9.17) is 4.98 Å². The number of benzene rings is 1.